The Morgan fingerprint density at radius 2 is 1.88 bits per heavy atom. The van der Waals surface area contributed by atoms with Crippen LogP contribution in [0.25, 0.3) is 6.08 Å². The molecule has 1 aliphatic rings. The van der Waals surface area contributed by atoms with E-state index in [1.807, 2.05) is 36.4 Å². The minimum absolute atomic E-state index is 0.110. The van der Waals surface area contributed by atoms with Crippen molar-refractivity contribution in [2.24, 2.45) is 0 Å². The van der Waals surface area contributed by atoms with Crippen molar-refractivity contribution in [3.8, 4) is 11.5 Å². The lowest BCUT2D eigenvalue weighted by Gasteiger charge is -2.22. The second-order valence-electron chi connectivity index (χ2n) is 7.16. The van der Waals surface area contributed by atoms with Gasteiger partial charge in [0.25, 0.3) is 5.91 Å². The molecule has 2 aromatic carbocycles. The molecule has 1 saturated heterocycles. The van der Waals surface area contributed by atoms with Gasteiger partial charge in [-0.3, -0.25) is 14.5 Å². The first kappa shape index (κ1) is 24.8. The van der Waals surface area contributed by atoms with E-state index >= 15 is 0 Å². The fourth-order valence-electron chi connectivity index (χ4n) is 3.42. The monoisotopic (exact) mass is 486 g/mol. The Hall–Kier alpha value is -2.88. The zero-order chi connectivity index (χ0) is 23.8. The molecular weight excluding hydrogens is 460 g/mol. The van der Waals surface area contributed by atoms with Crippen LogP contribution in [0.15, 0.2) is 53.4 Å². The summed E-state index contributed by atoms with van der Waals surface area (Å²) in [5.74, 6) is 0.896. The predicted molar refractivity (Wildman–Crippen MR) is 135 cm³/mol. The Morgan fingerprint density at radius 3 is 2.55 bits per heavy atom. The summed E-state index contributed by atoms with van der Waals surface area (Å²) in [6.45, 7) is 0.440. The fraction of sp³-hybridized carbons (Fsp3) is 0.292. The largest absolute Gasteiger partial charge is 0.493 e. The molecule has 1 N–H and O–H groups in total. The summed E-state index contributed by atoms with van der Waals surface area (Å²) in [5, 5.41) is 9.34. The number of hydrogen-bond donors (Lipinski definition) is 1. The number of thioether (sulfide) groups is 1. The molecule has 7 nitrogen and oxygen atoms in total. The van der Waals surface area contributed by atoms with Crippen LogP contribution in [0.3, 0.4) is 0 Å². The quantitative estimate of drug-likeness (QED) is 0.405. The average Bonchev–Trinajstić information content (AvgIpc) is 3.10. The highest BCUT2D eigenvalue weighted by atomic mass is 32.2. The molecule has 174 valence electrons. The van der Waals surface area contributed by atoms with E-state index in [1.165, 1.54) is 16.7 Å². The molecule has 33 heavy (non-hydrogen) atoms. The summed E-state index contributed by atoms with van der Waals surface area (Å²) in [7, 11) is 3.12. The summed E-state index contributed by atoms with van der Waals surface area (Å²) >= 11 is 6.64. The predicted octanol–water partition coefficient (Wildman–Crippen LogP) is 3.71. The van der Waals surface area contributed by atoms with Crippen molar-refractivity contribution < 1.29 is 24.2 Å². The molecule has 0 atom stereocenters. The molecule has 9 heteroatoms. The van der Waals surface area contributed by atoms with E-state index < -0.39 is 0 Å². The van der Waals surface area contributed by atoms with Gasteiger partial charge in [0, 0.05) is 25.2 Å². The molecule has 0 aliphatic carbocycles. The summed E-state index contributed by atoms with van der Waals surface area (Å²) in [4.78, 5) is 29.2. The summed E-state index contributed by atoms with van der Waals surface area (Å²) in [6, 6.07) is 14.6. The summed E-state index contributed by atoms with van der Waals surface area (Å²) in [6.07, 6.45) is 2.47. The first-order chi connectivity index (χ1) is 16.0. The number of carbonyl (C=O) groups excluding carboxylic acids is 2. The third-order valence-corrected chi connectivity index (χ3v) is 6.42. The van der Waals surface area contributed by atoms with E-state index in [2.05, 4.69) is 0 Å². The number of amides is 2. The van der Waals surface area contributed by atoms with Crippen LogP contribution in [-0.4, -0.2) is 60.1 Å². The lowest BCUT2D eigenvalue weighted by molar-refractivity contribution is -0.123. The maximum atomic E-state index is 12.9. The minimum Gasteiger partial charge on any atom is -0.493 e. The zero-order valence-corrected chi connectivity index (χ0v) is 20.2. The number of thiocarbonyl (C=S) groups is 1. The van der Waals surface area contributed by atoms with Crippen LogP contribution in [-0.2, 0) is 9.59 Å². The molecule has 1 aliphatic heterocycles. The Labute approximate surface area is 203 Å². The first-order valence-electron chi connectivity index (χ1n) is 10.4. The van der Waals surface area contributed by atoms with Gasteiger partial charge in [-0.25, -0.2) is 0 Å². The van der Waals surface area contributed by atoms with E-state index in [0.717, 1.165) is 11.3 Å². The van der Waals surface area contributed by atoms with E-state index in [0.29, 0.717) is 33.7 Å². The standard InChI is InChI=1S/C24H26N2O5S2/c1-30-19-11-10-17(15-20(19)31-2)16-21-23(29)26(24(32)33-21)12-6-9-22(28)25(13-14-27)18-7-4-3-5-8-18/h3-5,7-8,10-11,15-16,27H,6,9,12-14H2,1-2H3. The number of ether oxygens (including phenoxy) is 2. The van der Waals surface area contributed by atoms with Gasteiger partial charge in [-0.2, -0.15) is 0 Å². The Morgan fingerprint density at radius 1 is 1.15 bits per heavy atom. The fourth-order valence-corrected chi connectivity index (χ4v) is 4.72. The van der Waals surface area contributed by atoms with Crippen molar-refractivity contribution >= 4 is 51.9 Å². The maximum absolute atomic E-state index is 12.9. The van der Waals surface area contributed by atoms with Crippen LogP contribution in [0, 0.1) is 0 Å². The summed E-state index contributed by atoms with van der Waals surface area (Å²) < 4.78 is 11.0. The van der Waals surface area contributed by atoms with E-state index in [9.17, 15) is 14.7 Å². The van der Waals surface area contributed by atoms with Crippen LogP contribution >= 0.6 is 24.0 Å². The second-order valence-corrected chi connectivity index (χ2v) is 8.83. The zero-order valence-electron chi connectivity index (χ0n) is 18.5. The van der Waals surface area contributed by atoms with Gasteiger partial charge < -0.3 is 19.5 Å². The van der Waals surface area contributed by atoms with Gasteiger partial charge in [-0.05, 0) is 42.3 Å². The Balaban J connectivity index is 1.62. The van der Waals surface area contributed by atoms with Gasteiger partial charge in [0.2, 0.25) is 5.91 Å². The van der Waals surface area contributed by atoms with Gasteiger partial charge in [0.05, 0.1) is 25.7 Å². The lowest BCUT2D eigenvalue weighted by atomic mass is 10.2. The van der Waals surface area contributed by atoms with E-state index in [1.54, 1.807) is 37.3 Å². The molecule has 3 rings (SSSR count). The molecule has 1 fully saturated rings. The molecule has 1 heterocycles. The molecule has 0 bridgehead atoms. The number of aliphatic hydroxyl groups excluding tert-OH is 1. The number of methoxy groups -OCH3 is 2. The van der Waals surface area contributed by atoms with E-state index in [4.69, 9.17) is 21.7 Å². The SMILES string of the molecule is COc1ccc(C=C2SC(=S)N(CCCC(=O)N(CCO)c3ccccc3)C2=O)cc1OC. The average molecular weight is 487 g/mol. The molecular formula is C24H26N2O5S2. The minimum atomic E-state index is -0.178. The number of anilines is 1. The number of para-hydroxylation sites is 1. The normalized spacial score (nSPS) is 14.6. The van der Waals surface area contributed by atoms with Crippen molar-refractivity contribution in [3.05, 3.63) is 59.0 Å². The van der Waals surface area contributed by atoms with Crippen LogP contribution in [0.5, 0.6) is 11.5 Å². The van der Waals surface area contributed by atoms with Gasteiger partial charge in [-0.15, -0.1) is 0 Å². The third kappa shape index (κ3) is 6.13. The van der Waals surface area contributed by atoms with E-state index in [-0.39, 0.29) is 31.4 Å². The molecule has 0 radical (unpaired) electrons. The number of benzene rings is 2. The topological polar surface area (TPSA) is 79.3 Å². The smallest absolute Gasteiger partial charge is 0.266 e. The molecule has 0 saturated carbocycles. The highest BCUT2D eigenvalue weighted by Crippen LogP contribution is 2.34. The van der Waals surface area contributed by atoms with Crippen molar-refractivity contribution in [2.45, 2.75) is 12.8 Å². The summed E-state index contributed by atoms with van der Waals surface area (Å²) in [5.41, 5.74) is 1.53. The van der Waals surface area contributed by atoms with Crippen LogP contribution in [0.1, 0.15) is 18.4 Å². The van der Waals surface area contributed by atoms with Crippen molar-refractivity contribution in [3.63, 3.8) is 0 Å². The third-order valence-electron chi connectivity index (χ3n) is 5.04. The van der Waals surface area contributed by atoms with Gasteiger partial charge >= 0.3 is 0 Å². The number of rotatable bonds is 10. The highest BCUT2D eigenvalue weighted by molar-refractivity contribution is 8.26. The van der Waals surface area contributed by atoms with Gasteiger partial charge in [0.15, 0.2) is 11.5 Å². The van der Waals surface area contributed by atoms with Crippen LogP contribution in [0.4, 0.5) is 5.69 Å². The van der Waals surface area contributed by atoms with Crippen molar-refractivity contribution in [1.29, 1.82) is 0 Å². The number of aliphatic hydroxyl groups is 1. The first-order valence-corrected chi connectivity index (χ1v) is 11.6. The molecule has 2 aromatic rings. The van der Waals surface area contributed by atoms with Gasteiger partial charge in [0.1, 0.15) is 4.32 Å². The van der Waals surface area contributed by atoms with Crippen molar-refractivity contribution in [1.82, 2.24) is 4.90 Å². The molecule has 0 aromatic heterocycles. The highest BCUT2D eigenvalue weighted by Gasteiger charge is 2.32. The lowest BCUT2D eigenvalue weighted by Crippen LogP contribution is -2.35. The molecule has 0 spiro atoms. The van der Waals surface area contributed by atoms with Crippen LogP contribution < -0.4 is 14.4 Å². The van der Waals surface area contributed by atoms with Gasteiger partial charge in [-0.1, -0.05) is 48.2 Å². The number of nitrogens with zero attached hydrogens (tertiary/aromatic N) is 2. The Kier molecular flexibility index (Phi) is 8.87. The van der Waals surface area contributed by atoms with Crippen LogP contribution in [0.2, 0.25) is 0 Å². The molecule has 2 amide bonds. The number of hydrogen-bond acceptors (Lipinski definition) is 7. The van der Waals surface area contributed by atoms with Crippen molar-refractivity contribution in [2.75, 3.05) is 38.8 Å². The molecule has 0 unspecified atom stereocenters. The Bertz CT molecular complexity index is 1040. The number of carbonyl (C=O) groups is 2. The second kappa shape index (κ2) is 11.8. The maximum Gasteiger partial charge on any atom is 0.266 e.